The molecule has 1 aliphatic carbocycles. The molecule has 0 saturated carbocycles. The van der Waals surface area contributed by atoms with Crippen LogP contribution in [0.4, 0.5) is 0 Å². The van der Waals surface area contributed by atoms with Gasteiger partial charge in [0.05, 0.1) is 16.9 Å². The summed E-state index contributed by atoms with van der Waals surface area (Å²) in [6.45, 7) is 4.66. The van der Waals surface area contributed by atoms with Crippen molar-refractivity contribution >= 4 is 10.9 Å². The summed E-state index contributed by atoms with van der Waals surface area (Å²) in [7, 11) is 0. The van der Waals surface area contributed by atoms with Gasteiger partial charge in [0.2, 0.25) is 0 Å². The van der Waals surface area contributed by atoms with Crippen molar-refractivity contribution in [1.82, 2.24) is 15.0 Å². The van der Waals surface area contributed by atoms with Gasteiger partial charge in [-0.3, -0.25) is 4.98 Å². The monoisotopic (exact) mass is 703 g/mol. The van der Waals surface area contributed by atoms with Gasteiger partial charge >= 0.3 is 0 Å². The molecule has 1 aliphatic rings. The van der Waals surface area contributed by atoms with Gasteiger partial charge in [-0.15, -0.1) is 0 Å². The molecule has 10 rings (SSSR count). The summed E-state index contributed by atoms with van der Waals surface area (Å²) in [5.74, 6) is 0.690. The zero-order chi connectivity index (χ0) is 36.9. The number of fused-ring (bicyclic) bond motifs is 4. The maximum atomic E-state index is 5.28. The van der Waals surface area contributed by atoms with E-state index in [2.05, 4.69) is 166 Å². The van der Waals surface area contributed by atoms with E-state index in [1.807, 2.05) is 36.5 Å². The van der Waals surface area contributed by atoms with Crippen LogP contribution in [0.2, 0.25) is 0 Å². The molecule has 260 valence electrons. The number of pyridine rings is 1. The lowest BCUT2D eigenvalue weighted by molar-refractivity contribution is 0.660. The summed E-state index contributed by atoms with van der Waals surface area (Å²) >= 11 is 0. The van der Waals surface area contributed by atoms with Crippen molar-refractivity contribution in [2.75, 3.05) is 0 Å². The lowest BCUT2D eigenvalue weighted by Gasteiger charge is -2.21. The number of para-hydroxylation sites is 1. The Morgan fingerprint density at radius 2 is 0.945 bits per heavy atom. The minimum Gasteiger partial charge on any atom is -0.256 e. The van der Waals surface area contributed by atoms with Crippen molar-refractivity contribution in [3.8, 4) is 78.4 Å². The molecule has 0 radical (unpaired) electrons. The van der Waals surface area contributed by atoms with Crippen molar-refractivity contribution in [2.24, 2.45) is 0 Å². The van der Waals surface area contributed by atoms with Crippen LogP contribution in [0.3, 0.4) is 0 Å². The van der Waals surface area contributed by atoms with E-state index < -0.39 is 0 Å². The number of hydrogen-bond acceptors (Lipinski definition) is 3. The molecule has 3 nitrogen and oxygen atoms in total. The molecule has 9 aromatic rings. The Hall–Kier alpha value is -6.97. The molecule has 0 amide bonds. The second-order valence-electron chi connectivity index (χ2n) is 14.9. The highest BCUT2D eigenvalue weighted by Crippen LogP contribution is 2.50. The van der Waals surface area contributed by atoms with Crippen LogP contribution in [0.15, 0.2) is 188 Å². The first-order valence-corrected chi connectivity index (χ1v) is 18.8. The summed E-state index contributed by atoms with van der Waals surface area (Å²) in [6, 6.07) is 64.8. The van der Waals surface area contributed by atoms with Gasteiger partial charge in [-0.1, -0.05) is 159 Å². The molecule has 0 atom stereocenters. The highest BCUT2D eigenvalue weighted by Gasteiger charge is 2.35. The second kappa shape index (κ2) is 13.2. The topological polar surface area (TPSA) is 38.7 Å². The van der Waals surface area contributed by atoms with Gasteiger partial charge in [-0.2, -0.15) is 0 Å². The van der Waals surface area contributed by atoms with Gasteiger partial charge in [0.25, 0.3) is 0 Å². The van der Waals surface area contributed by atoms with Crippen molar-refractivity contribution in [3.63, 3.8) is 0 Å². The van der Waals surface area contributed by atoms with Gasteiger partial charge in [0.15, 0.2) is 5.82 Å². The molecule has 7 aromatic carbocycles. The summed E-state index contributed by atoms with van der Waals surface area (Å²) in [4.78, 5) is 15.3. The molecular weight excluding hydrogens is 667 g/mol. The van der Waals surface area contributed by atoms with Crippen LogP contribution in [0.1, 0.15) is 25.0 Å². The summed E-state index contributed by atoms with van der Waals surface area (Å²) in [5.41, 5.74) is 17.8. The van der Waals surface area contributed by atoms with Crippen molar-refractivity contribution in [1.29, 1.82) is 0 Å². The van der Waals surface area contributed by atoms with Crippen molar-refractivity contribution < 1.29 is 0 Å². The third-order valence-corrected chi connectivity index (χ3v) is 11.1. The Labute approximate surface area is 321 Å². The van der Waals surface area contributed by atoms with Crippen LogP contribution in [-0.4, -0.2) is 15.0 Å². The first kappa shape index (κ1) is 32.7. The highest BCUT2D eigenvalue weighted by atomic mass is 14.9. The summed E-state index contributed by atoms with van der Waals surface area (Å²) < 4.78 is 0. The maximum Gasteiger partial charge on any atom is 0.160 e. The predicted molar refractivity (Wildman–Crippen MR) is 228 cm³/mol. The average molecular weight is 704 g/mol. The quantitative estimate of drug-likeness (QED) is 0.173. The van der Waals surface area contributed by atoms with Gasteiger partial charge in [-0.05, 0) is 86.5 Å². The molecule has 0 saturated heterocycles. The van der Waals surface area contributed by atoms with Crippen LogP contribution in [0.25, 0.3) is 89.3 Å². The Bertz CT molecular complexity index is 2870. The maximum absolute atomic E-state index is 5.28. The van der Waals surface area contributed by atoms with Gasteiger partial charge < -0.3 is 0 Å². The normalized spacial score (nSPS) is 12.7. The predicted octanol–water partition coefficient (Wildman–Crippen LogP) is 13.3. The van der Waals surface area contributed by atoms with Crippen LogP contribution in [0.5, 0.6) is 0 Å². The summed E-state index contributed by atoms with van der Waals surface area (Å²) in [5, 5.41) is 1.11. The molecule has 0 N–H and O–H groups in total. The first-order valence-electron chi connectivity index (χ1n) is 18.8. The van der Waals surface area contributed by atoms with E-state index in [4.69, 9.17) is 15.0 Å². The van der Waals surface area contributed by atoms with Crippen LogP contribution < -0.4 is 0 Å². The van der Waals surface area contributed by atoms with E-state index in [9.17, 15) is 0 Å². The minimum atomic E-state index is -0.0589. The molecule has 0 unspecified atom stereocenters. The van der Waals surface area contributed by atoms with E-state index in [-0.39, 0.29) is 5.41 Å². The standard InChI is InChI=1S/C52H37N3/c1-52(2)46-21-10-9-19-44(46)45-32-39(26-27-47(45)52)40-29-41(43-20-11-17-37-18-12-28-53-50(37)43)31-42(30-40)49-33-48(54-51(55-49)38-15-7-4-8-16-38)36-24-22-35(23-25-36)34-13-5-3-6-14-34/h3-33H,1-2H3. The number of nitrogens with zero attached hydrogens (tertiary/aromatic N) is 3. The molecule has 2 aromatic heterocycles. The smallest absolute Gasteiger partial charge is 0.160 e. The lowest BCUT2D eigenvalue weighted by atomic mass is 9.82. The molecule has 2 heterocycles. The van der Waals surface area contributed by atoms with E-state index >= 15 is 0 Å². The Balaban J connectivity index is 1.18. The van der Waals surface area contributed by atoms with E-state index in [1.165, 1.54) is 33.4 Å². The Morgan fingerprint density at radius 1 is 0.364 bits per heavy atom. The molecule has 0 spiro atoms. The third-order valence-electron chi connectivity index (χ3n) is 11.1. The zero-order valence-electron chi connectivity index (χ0n) is 30.7. The zero-order valence-corrected chi connectivity index (χ0v) is 30.7. The van der Waals surface area contributed by atoms with Crippen molar-refractivity contribution in [3.05, 3.63) is 199 Å². The Kier molecular flexibility index (Phi) is 7.81. The summed E-state index contributed by atoms with van der Waals surface area (Å²) in [6.07, 6.45) is 1.88. The van der Waals surface area contributed by atoms with Crippen LogP contribution in [0, 0.1) is 0 Å². The molecule has 55 heavy (non-hydrogen) atoms. The van der Waals surface area contributed by atoms with Gasteiger partial charge in [0.1, 0.15) is 0 Å². The van der Waals surface area contributed by atoms with Gasteiger partial charge in [-0.25, -0.2) is 9.97 Å². The van der Waals surface area contributed by atoms with E-state index in [0.717, 1.165) is 61.2 Å². The number of aromatic nitrogens is 3. The SMILES string of the molecule is CC1(C)c2ccccc2-c2cc(-c3cc(-c4cc(-c5ccc(-c6ccccc6)cc5)nc(-c5ccccc5)n4)cc(-c4cccc5cccnc45)c3)ccc21. The highest BCUT2D eigenvalue weighted by molar-refractivity contribution is 5.96. The van der Waals surface area contributed by atoms with E-state index in [0.29, 0.717) is 5.82 Å². The lowest BCUT2D eigenvalue weighted by Crippen LogP contribution is -2.14. The molecule has 3 heteroatoms. The number of hydrogen-bond donors (Lipinski definition) is 0. The molecule has 0 aliphatic heterocycles. The number of rotatable bonds is 6. The van der Waals surface area contributed by atoms with Crippen molar-refractivity contribution in [2.45, 2.75) is 19.3 Å². The number of benzene rings is 7. The fourth-order valence-corrected chi connectivity index (χ4v) is 8.26. The largest absolute Gasteiger partial charge is 0.256 e. The molecule has 0 bridgehead atoms. The Morgan fingerprint density at radius 3 is 1.75 bits per heavy atom. The fourth-order valence-electron chi connectivity index (χ4n) is 8.26. The van der Waals surface area contributed by atoms with Gasteiger partial charge in [0, 0.05) is 39.3 Å². The van der Waals surface area contributed by atoms with Crippen LogP contribution in [-0.2, 0) is 5.41 Å². The minimum absolute atomic E-state index is 0.0589. The fraction of sp³-hybridized carbons (Fsp3) is 0.0577. The van der Waals surface area contributed by atoms with Crippen LogP contribution >= 0.6 is 0 Å². The molecular formula is C52H37N3. The third kappa shape index (κ3) is 5.82. The average Bonchev–Trinajstić information content (AvgIpc) is 3.49. The van der Waals surface area contributed by atoms with E-state index in [1.54, 1.807) is 0 Å². The second-order valence-corrected chi connectivity index (χ2v) is 14.9. The first-order chi connectivity index (χ1) is 27.0. The molecule has 0 fully saturated rings.